The second-order valence-corrected chi connectivity index (χ2v) is 5.12. The van der Waals surface area contributed by atoms with Crippen molar-refractivity contribution in [1.29, 1.82) is 0 Å². The summed E-state index contributed by atoms with van der Waals surface area (Å²) in [5, 5.41) is 6.01. The van der Waals surface area contributed by atoms with E-state index in [1.807, 2.05) is 30.3 Å². The van der Waals surface area contributed by atoms with Gasteiger partial charge < -0.3 is 10.1 Å². The molecule has 1 aliphatic carbocycles. The van der Waals surface area contributed by atoms with Crippen molar-refractivity contribution >= 4 is 11.9 Å². The zero-order valence-electron chi connectivity index (χ0n) is 12.3. The normalized spacial score (nSPS) is 15.3. The third-order valence-electron chi connectivity index (χ3n) is 3.38. The van der Waals surface area contributed by atoms with Crippen molar-refractivity contribution in [2.75, 3.05) is 19.7 Å². The van der Waals surface area contributed by atoms with Crippen LogP contribution in [0.1, 0.15) is 31.4 Å². The Morgan fingerprint density at radius 3 is 2.57 bits per heavy atom. The van der Waals surface area contributed by atoms with Gasteiger partial charge in [-0.25, -0.2) is 4.79 Å². The molecular weight excluding hydrogens is 268 g/mol. The number of ether oxygens (including phenoxy) is 1. The predicted octanol–water partition coefficient (Wildman–Crippen LogP) is 1.41. The first-order valence-electron chi connectivity index (χ1n) is 7.45. The monoisotopic (exact) mass is 290 g/mol. The minimum atomic E-state index is -0.496. The van der Waals surface area contributed by atoms with E-state index in [9.17, 15) is 9.59 Å². The van der Waals surface area contributed by atoms with E-state index in [2.05, 4.69) is 10.6 Å². The highest BCUT2D eigenvalue weighted by atomic mass is 16.5. The second kappa shape index (κ2) is 7.78. The van der Waals surface area contributed by atoms with Crippen LogP contribution in [0.15, 0.2) is 30.3 Å². The van der Waals surface area contributed by atoms with Gasteiger partial charge in [-0.05, 0) is 25.3 Å². The molecule has 5 nitrogen and oxygen atoms in total. The quantitative estimate of drug-likeness (QED) is 0.561. The molecule has 0 bridgehead atoms. The van der Waals surface area contributed by atoms with Gasteiger partial charge in [0, 0.05) is 19.0 Å². The second-order valence-electron chi connectivity index (χ2n) is 5.12. The average Bonchev–Trinajstić information content (AvgIpc) is 3.33. The van der Waals surface area contributed by atoms with Gasteiger partial charge in [-0.1, -0.05) is 30.3 Å². The lowest BCUT2D eigenvalue weighted by Gasteiger charge is -2.17. The Morgan fingerprint density at radius 1 is 1.24 bits per heavy atom. The minimum Gasteiger partial charge on any atom is -0.465 e. The number of esters is 1. The van der Waals surface area contributed by atoms with Crippen LogP contribution in [-0.4, -0.2) is 31.6 Å². The lowest BCUT2D eigenvalue weighted by atomic mass is 10.1. The van der Waals surface area contributed by atoms with E-state index in [1.165, 1.54) is 0 Å². The summed E-state index contributed by atoms with van der Waals surface area (Å²) in [6.45, 7) is 3.17. The summed E-state index contributed by atoms with van der Waals surface area (Å²) in [6.07, 6.45) is 1.99. The van der Waals surface area contributed by atoms with Gasteiger partial charge in [0.25, 0.3) is 0 Å². The summed E-state index contributed by atoms with van der Waals surface area (Å²) in [5.74, 6) is 0.0291. The maximum atomic E-state index is 12.0. The van der Waals surface area contributed by atoms with Gasteiger partial charge in [0.2, 0.25) is 5.91 Å². The van der Waals surface area contributed by atoms with Crippen molar-refractivity contribution in [1.82, 2.24) is 10.6 Å². The SMILES string of the molecule is CCOC(=O)C(NCCNC(=O)C1CC1)c1ccccc1. The number of rotatable bonds is 8. The number of carbonyl (C=O) groups is 2. The summed E-state index contributed by atoms with van der Waals surface area (Å²) < 4.78 is 5.10. The highest BCUT2D eigenvalue weighted by Crippen LogP contribution is 2.28. The molecule has 0 aromatic heterocycles. The molecule has 2 N–H and O–H groups in total. The Hall–Kier alpha value is -1.88. The molecule has 21 heavy (non-hydrogen) atoms. The Morgan fingerprint density at radius 2 is 1.95 bits per heavy atom. The zero-order valence-corrected chi connectivity index (χ0v) is 12.3. The van der Waals surface area contributed by atoms with Crippen molar-refractivity contribution in [3.8, 4) is 0 Å². The first-order valence-corrected chi connectivity index (χ1v) is 7.45. The van der Waals surface area contributed by atoms with Crippen LogP contribution in [0.25, 0.3) is 0 Å². The summed E-state index contributed by atoms with van der Waals surface area (Å²) in [4.78, 5) is 23.5. The molecule has 0 saturated heterocycles. The molecule has 1 aliphatic rings. The van der Waals surface area contributed by atoms with Crippen LogP contribution in [0.2, 0.25) is 0 Å². The van der Waals surface area contributed by atoms with Gasteiger partial charge in [0.15, 0.2) is 0 Å². The van der Waals surface area contributed by atoms with Crippen LogP contribution in [0, 0.1) is 5.92 Å². The van der Waals surface area contributed by atoms with Gasteiger partial charge in [-0.15, -0.1) is 0 Å². The van der Waals surface area contributed by atoms with Gasteiger partial charge in [0.1, 0.15) is 6.04 Å². The molecule has 0 spiro atoms. The van der Waals surface area contributed by atoms with Crippen molar-refractivity contribution in [2.45, 2.75) is 25.8 Å². The summed E-state index contributed by atoms with van der Waals surface area (Å²) in [5.41, 5.74) is 0.865. The third-order valence-corrected chi connectivity index (χ3v) is 3.38. The molecular formula is C16H22N2O3. The Labute approximate surface area is 125 Å². The molecule has 1 aromatic rings. The average molecular weight is 290 g/mol. The summed E-state index contributed by atoms with van der Waals surface area (Å²) >= 11 is 0. The number of nitrogens with one attached hydrogen (secondary N) is 2. The lowest BCUT2D eigenvalue weighted by molar-refractivity contribution is -0.145. The Kier molecular flexibility index (Phi) is 5.75. The largest absolute Gasteiger partial charge is 0.465 e. The van der Waals surface area contributed by atoms with Crippen LogP contribution in [-0.2, 0) is 14.3 Å². The topological polar surface area (TPSA) is 67.4 Å². The highest BCUT2D eigenvalue weighted by Gasteiger charge is 2.29. The highest BCUT2D eigenvalue weighted by molar-refractivity contribution is 5.80. The molecule has 1 atom stereocenters. The lowest BCUT2D eigenvalue weighted by Crippen LogP contribution is -2.37. The maximum absolute atomic E-state index is 12.0. The molecule has 1 amide bonds. The fraction of sp³-hybridized carbons (Fsp3) is 0.500. The molecule has 2 rings (SSSR count). The first kappa shape index (κ1) is 15.5. The molecule has 0 heterocycles. The molecule has 1 unspecified atom stereocenters. The Bertz CT molecular complexity index is 472. The molecule has 0 radical (unpaired) electrons. The van der Waals surface area contributed by atoms with Crippen LogP contribution in [0.3, 0.4) is 0 Å². The van der Waals surface area contributed by atoms with E-state index in [4.69, 9.17) is 4.74 Å². The zero-order chi connectivity index (χ0) is 15.1. The van der Waals surface area contributed by atoms with E-state index in [1.54, 1.807) is 6.92 Å². The predicted molar refractivity (Wildman–Crippen MR) is 79.6 cm³/mol. The standard InChI is InChI=1S/C16H22N2O3/c1-2-21-16(20)14(12-6-4-3-5-7-12)17-10-11-18-15(19)13-8-9-13/h3-7,13-14,17H,2,8-11H2,1H3,(H,18,19). The first-order chi connectivity index (χ1) is 10.2. The van der Waals surface area contributed by atoms with Crippen molar-refractivity contribution in [3.63, 3.8) is 0 Å². The van der Waals surface area contributed by atoms with Gasteiger partial charge in [-0.2, -0.15) is 0 Å². The molecule has 1 saturated carbocycles. The van der Waals surface area contributed by atoms with E-state index < -0.39 is 6.04 Å². The molecule has 1 aromatic carbocycles. The van der Waals surface area contributed by atoms with E-state index >= 15 is 0 Å². The number of carbonyl (C=O) groups excluding carboxylic acids is 2. The molecule has 114 valence electrons. The fourth-order valence-electron chi connectivity index (χ4n) is 2.10. The van der Waals surface area contributed by atoms with Gasteiger partial charge in [-0.3, -0.25) is 10.1 Å². The van der Waals surface area contributed by atoms with Crippen molar-refractivity contribution in [2.24, 2.45) is 5.92 Å². The number of amides is 1. The summed E-state index contributed by atoms with van der Waals surface area (Å²) in [6, 6.07) is 8.95. The van der Waals surface area contributed by atoms with E-state index in [0.717, 1.165) is 18.4 Å². The van der Waals surface area contributed by atoms with Gasteiger partial charge >= 0.3 is 5.97 Å². The minimum absolute atomic E-state index is 0.115. The van der Waals surface area contributed by atoms with E-state index in [-0.39, 0.29) is 17.8 Å². The van der Waals surface area contributed by atoms with Crippen molar-refractivity contribution < 1.29 is 14.3 Å². The smallest absolute Gasteiger partial charge is 0.327 e. The third kappa shape index (κ3) is 4.86. The van der Waals surface area contributed by atoms with Crippen LogP contribution in [0.5, 0.6) is 0 Å². The van der Waals surface area contributed by atoms with Gasteiger partial charge in [0.05, 0.1) is 6.61 Å². The van der Waals surface area contributed by atoms with Crippen molar-refractivity contribution in [3.05, 3.63) is 35.9 Å². The van der Waals surface area contributed by atoms with Crippen LogP contribution in [0.4, 0.5) is 0 Å². The number of hydrogen-bond donors (Lipinski definition) is 2. The maximum Gasteiger partial charge on any atom is 0.327 e. The molecule has 0 aliphatic heterocycles. The molecule has 1 fully saturated rings. The van der Waals surface area contributed by atoms with Crippen LogP contribution >= 0.6 is 0 Å². The summed E-state index contributed by atoms with van der Waals surface area (Å²) in [7, 11) is 0. The molecule has 5 heteroatoms. The van der Waals surface area contributed by atoms with Crippen LogP contribution < -0.4 is 10.6 Å². The Balaban J connectivity index is 1.83. The van der Waals surface area contributed by atoms with E-state index in [0.29, 0.717) is 19.7 Å². The number of benzene rings is 1. The fourth-order valence-corrected chi connectivity index (χ4v) is 2.10. The number of hydrogen-bond acceptors (Lipinski definition) is 4.